The van der Waals surface area contributed by atoms with Crippen molar-refractivity contribution in [1.29, 1.82) is 0 Å². The zero-order chi connectivity index (χ0) is 81.7. The Morgan fingerprint density at radius 1 is 0.319 bits per heavy atom. The summed E-state index contributed by atoms with van der Waals surface area (Å²) in [6.07, 6.45) is 72.1. The first kappa shape index (κ1) is 104. The molecule has 19 nitrogen and oxygen atoms in total. The third-order valence-corrected chi connectivity index (χ3v) is 23.0. The number of nitrogens with one attached hydrogen (secondary N) is 1. The zero-order valence-electron chi connectivity index (χ0n) is 71.4. The molecular formula is C94H171NO18. The van der Waals surface area contributed by atoms with Crippen LogP contribution in [0.4, 0.5) is 0 Å². The van der Waals surface area contributed by atoms with Crippen LogP contribution in [0.5, 0.6) is 0 Å². The first-order chi connectivity index (χ1) is 55.3. The lowest BCUT2D eigenvalue weighted by atomic mass is 9.96. The second kappa shape index (κ2) is 73.2. The molecule has 113 heavy (non-hydrogen) atoms. The van der Waals surface area contributed by atoms with Gasteiger partial charge in [0.25, 0.3) is 0 Å². The summed E-state index contributed by atoms with van der Waals surface area (Å²) in [6.45, 7) is 1.75. The predicted molar refractivity (Wildman–Crippen MR) is 457 cm³/mol. The second-order valence-corrected chi connectivity index (χ2v) is 33.1. The summed E-state index contributed by atoms with van der Waals surface area (Å²) < 4.78 is 34.5. The van der Waals surface area contributed by atoms with E-state index in [2.05, 4.69) is 79.9 Å². The number of hydrogen-bond acceptors (Lipinski definition) is 18. The molecule has 17 unspecified atom stereocenters. The van der Waals surface area contributed by atoms with Crippen LogP contribution in [-0.4, -0.2) is 193 Å². The lowest BCUT2D eigenvalue weighted by Gasteiger charge is -2.48. The van der Waals surface area contributed by atoms with Crippen LogP contribution in [0.25, 0.3) is 0 Å². The van der Waals surface area contributed by atoms with E-state index >= 15 is 0 Å². The predicted octanol–water partition coefficient (Wildman–Crippen LogP) is 18.3. The van der Waals surface area contributed by atoms with Gasteiger partial charge in [0, 0.05) is 6.42 Å². The van der Waals surface area contributed by atoms with Crippen molar-refractivity contribution in [2.45, 2.75) is 491 Å². The van der Waals surface area contributed by atoms with Crippen LogP contribution in [0.1, 0.15) is 386 Å². The van der Waals surface area contributed by atoms with Gasteiger partial charge in [0.15, 0.2) is 18.9 Å². The minimum absolute atomic E-state index is 0.233. The van der Waals surface area contributed by atoms with Crippen LogP contribution >= 0.6 is 0 Å². The van der Waals surface area contributed by atoms with Gasteiger partial charge in [-0.25, -0.2) is 0 Å². The summed E-state index contributed by atoms with van der Waals surface area (Å²) in [6, 6.07) is -1.00. The van der Waals surface area contributed by atoms with E-state index in [1.165, 1.54) is 295 Å². The van der Waals surface area contributed by atoms with Gasteiger partial charge in [-0.3, -0.25) is 4.79 Å². The Morgan fingerprint density at radius 2 is 0.593 bits per heavy atom. The Labute approximate surface area is 687 Å². The number of aliphatic hydroxyl groups excluding tert-OH is 11. The van der Waals surface area contributed by atoms with E-state index in [9.17, 15) is 61.0 Å². The van der Waals surface area contributed by atoms with E-state index in [0.29, 0.717) is 12.8 Å². The fraction of sp³-hybridized carbons (Fsp3) is 0.862. The Bertz CT molecular complexity index is 2320. The van der Waals surface area contributed by atoms with Gasteiger partial charge in [-0.1, -0.05) is 369 Å². The van der Waals surface area contributed by atoms with Crippen LogP contribution in [0, 0.1) is 0 Å². The van der Waals surface area contributed by atoms with E-state index in [1.807, 2.05) is 6.08 Å². The highest BCUT2D eigenvalue weighted by atomic mass is 16.8. The summed E-state index contributed by atoms with van der Waals surface area (Å²) in [5.74, 6) is -0.284. The lowest BCUT2D eigenvalue weighted by Crippen LogP contribution is -2.66. The van der Waals surface area contributed by atoms with Gasteiger partial charge in [0.05, 0.1) is 38.6 Å². The van der Waals surface area contributed by atoms with E-state index in [1.54, 1.807) is 6.08 Å². The number of allylic oxidation sites excluding steroid dienone is 11. The molecule has 3 saturated heterocycles. The van der Waals surface area contributed by atoms with Gasteiger partial charge < -0.3 is 89.9 Å². The summed E-state index contributed by atoms with van der Waals surface area (Å²) in [5.41, 5.74) is 0. The molecule has 1 amide bonds. The minimum atomic E-state index is -1.99. The highest BCUT2D eigenvalue weighted by molar-refractivity contribution is 5.76. The monoisotopic (exact) mass is 1600 g/mol. The molecule has 0 spiro atoms. The van der Waals surface area contributed by atoms with E-state index in [0.717, 1.165) is 57.8 Å². The van der Waals surface area contributed by atoms with E-state index in [4.69, 9.17) is 28.4 Å². The molecule has 3 aliphatic heterocycles. The number of rotatable bonds is 76. The highest BCUT2D eigenvalue weighted by Gasteiger charge is 2.54. The average molecular weight is 1600 g/mol. The molecule has 3 rings (SSSR count). The van der Waals surface area contributed by atoms with E-state index in [-0.39, 0.29) is 18.9 Å². The van der Waals surface area contributed by atoms with Gasteiger partial charge in [-0.2, -0.15) is 0 Å². The number of ether oxygens (including phenoxy) is 6. The fourth-order valence-electron chi connectivity index (χ4n) is 15.5. The quantitative estimate of drug-likeness (QED) is 0.0199. The van der Waals surface area contributed by atoms with Crippen molar-refractivity contribution in [1.82, 2.24) is 5.32 Å². The largest absolute Gasteiger partial charge is 0.394 e. The van der Waals surface area contributed by atoms with Crippen LogP contribution in [-0.2, 0) is 33.2 Å². The molecule has 3 heterocycles. The maximum absolute atomic E-state index is 13.5. The van der Waals surface area contributed by atoms with Crippen molar-refractivity contribution in [2.24, 2.45) is 0 Å². The third-order valence-electron chi connectivity index (χ3n) is 23.0. The highest BCUT2D eigenvalue weighted by Crippen LogP contribution is 2.34. The molecule has 0 aromatic carbocycles. The molecule has 0 radical (unpaired) electrons. The summed E-state index contributed by atoms with van der Waals surface area (Å²) >= 11 is 0. The lowest BCUT2D eigenvalue weighted by molar-refractivity contribution is -0.379. The molecule has 660 valence electrons. The zero-order valence-corrected chi connectivity index (χ0v) is 71.4. The minimum Gasteiger partial charge on any atom is -0.394 e. The molecular weight excluding hydrogens is 1430 g/mol. The Balaban J connectivity index is 1.32. The van der Waals surface area contributed by atoms with Gasteiger partial charge in [0.1, 0.15) is 73.2 Å². The van der Waals surface area contributed by atoms with Gasteiger partial charge >= 0.3 is 0 Å². The van der Waals surface area contributed by atoms with Crippen LogP contribution in [0.15, 0.2) is 72.9 Å². The van der Waals surface area contributed by atoms with Gasteiger partial charge in [0.2, 0.25) is 5.91 Å². The van der Waals surface area contributed by atoms with E-state index < -0.39 is 124 Å². The van der Waals surface area contributed by atoms with Crippen molar-refractivity contribution in [3.05, 3.63) is 72.9 Å². The SMILES string of the molecule is CCCCCCC/C=C\C/C=C\C/C=C\CCCCCCCCCCCCCCCCCCCCCCCCC(=O)NC(COC1OC(CO)C(OC2OC(CO)C(OC3OC(CO)C(O)C(O)C3O)C(O)C2O)C(O)C1O)C(O)/C=C/CC/C=C/CC/C=C/CCCCCCCCCCCCCCCCCCCCCCC. The molecule has 19 heteroatoms. The van der Waals surface area contributed by atoms with Crippen molar-refractivity contribution < 1.29 is 89.4 Å². The molecule has 0 aliphatic carbocycles. The topological polar surface area (TPSA) is 307 Å². The van der Waals surface area contributed by atoms with Crippen molar-refractivity contribution in [3.63, 3.8) is 0 Å². The second-order valence-electron chi connectivity index (χ2n) is 33.1. The molecule has 0 saturated carbocycles. The molecule has 3 fully saturated rings. The Morgan fingerprint density at radius 3 is 0.947 bits per heavy atom. The number of hydrogen-bond donors (Lipinski definition) is 12. The standard InChI is InChI=1S/C94H171NO18/c1-3-5-7-9-11-13-15-17-19-21-23-25-27-29-31-33-35-36-37-38-39-40-42-44-46-48-50-52-54-56-58-60-62-64-66-68-70-72-82(100)95-77(78(99)71-69-67-65-63-61-59-57-55-53-51-49-47-45-43-41-34-32-30-28-26-24-22-20-18-16-14-12-10-8-6-4-2)76-108-92-88(106)85(103)90(80(74-97)110-92)113-94-89(107)86(104)91(81(75-98)111-94)112-93-87(105)84(102)83(101)79(73-96)109-93/h15,17,21,23,27,29,53,55,61,63,69,71,77-81,83-94,96-99,101-107H,3-14,16,18-20,22,24-26,28,30-52,54,56-60,62,64-68,70,72-76H2,1-2H3,(H,95,100)/b17-15-,23-21-,29-27-,55-53+,63-61+,71-69+. The smallest absolute Gasteiger partial charge is 0.220 e. The molecule has 17 atom stereocenters. The van der Waals surface area contributed by atoms with Crippen LogP contribution in [0.3, 0.4) is 0 Å². The third kappa shape index (κ3) is 51.5. The van der Waals surface area contributed by atoms with Crippen molar-refractivity contribution >= 4 is 5.91 Å². The van der Waals surface area contributed by atoms with Crippen molar-refractivity contribution in [2.75, 3.05) is 26.4 Å². The van der Waals surface area contributed by atoms with Crippen LogP contribution < -0.4 is 5.32 Å². The average Bonchev–Trinajstić information content (AvgIpc) is 0.779. The molecule has 0 aromatic rings. The molecule has 0 aromatic heterocycles. The van der Waals surface area contributed by atoms with Gasteiger partial charge in [-0.05, 0) is 83.5 Å². The van der Waals surface area contributed by atoms with Crippen LogP contribution in [0.2, 0.25) is 0 Å². The number of unbranched alkanes of at least 4 members (excludes halogenated alkanes) is 50. The number of carbonyl (C=O) groups is 1. The maximum Gasteiger partial charge on any atom is 0.220 e. The summed E-state index contributed by atoms with van der Waals surface area (Å²) in [7, 11) is 0. The first-order valence-corrected chi connectivity index (χ1v) is 46.7. The molecule has 12 N–H and O–H groups in total. The summed E-state index contributed by atoms with van der Waals surface area (Å²) in [5, 5.41) is 121. The molecule has 3 aliphatic rings. The molecule has 0 bridgehead atoms. The fourth-order valence-corrected chi connectivity index (χ4v) is 15.5. The maximum atomic E-state index is 13.5. The number of carbonyl (C=O) groups excluding carboxylic acids is 1. The normalized spacial score (nSPS) is 25.1. The number of aliphatic hydroxyl groups is 11. The first-order valence-electron chi connectivity index (χ1n) is 46.7. The van der Waals surface area contributed by atoms with Gasteiger partial charge in [-0.15, -0.1) is 0 Å². The number of amides is 1. The summed E-state index contributed by atoms with van der Waals surface area (Å²) in [4.78, 5) is 13.5. The Hall–Kier alpha value is -2.77. The Kier molecular flexibility index (Phi) is 67.6. The van der Waals surface area contributed by atoms with Crippen molar-refractivity contribution in [3.8, 4) is 0 Å².